The highest BCUT2D eigenvalue weighted by molar-refractivity contribution is 7.80. The number of hydrazone groups is 1. The summed E-state index contributed by atoms with van der Waals surface area (Å²) >= 11 is 4.48. The summed E-state index contributed by atoms with van der Waals surface area (Å²) in [5, 5.41) is 10.8. The first-order chi connectivity index (χ1) is 10.1. The van der Waals surface area contributed by atoms with Crippen LogP contribution in [0.3, 0.4) is 0 Å². The molecule has 0 saturated carbocycles. The van der Waals surface area contributed by atoms with Crippen molar-refractivity contribution >= 4 is 18.5 Å². The second-order valence-corrected chi connectivity index (χ2v) is 5.29. The predicted molar refractivity (Wildman–Crippen MR) is 80.6 cm³/mol. The van der Waals surface area contributed by atoms with Gasteiger partial charge in [0.2, 0.25) is 0 Å². The Kier molecular flexibility index (Phi) is 3.56. The lowest BCUT2D eigenvalue weighted by atomic mass is 10.2. The number of hydrazine groups is 2. The van der Waals surface area contributed by atoms with Gasteiger partial charge >= 0.3 is 0 Å². The number of aromatic nitrogens is 2. The normalized spacial score (nSPS) is 14.5. The van der Waals surface area contributed by atoms with Gasteiger partial charge in [-0.15, -0.1) is 23.3 Å². The van der Waals surface area contributed by atoms with Crippen molar-refractivity contribution in [2.24, 2.45) is 5.10 Å². The number of benzene rings is 1. The number of para-hydroxylation sites is 1. The second-order valence-electron chi connectivity index (χ2n) is 4.87. The maximum atomic E-state index is 13.9. The van der Waals surface area contributed by atoms with E-state index in [9.17, 15) is 4.39 Å². The smallest absolute Gasteiger partial charge is 0.177 e. The minimum Gasteiger partial charge on any atom is -0.268 e. The lowest BCUT2D eigenvalue weighted by Crippen LogP contribution is -2.45. The molecule has 3 rings (SSSR count). The van der Waals surface area contributed by atoms with Crippen LogP contribution in [0.2, 0.25) is 0 Å². The SMILES string of the molecule is CC(C)N1NNN=C1c1cnn(-c2ccccc2F)c1S. The van der Waals surface area contributed by atoms with E-state index in [1.807, 2.05) is 18.9 Å². The minimum absolute atomic E-state index is 0.184. The topological polar surface area (TPSA) is 57.5 Å². The molecule has 0 amide bonds. The number of amidine groups is 1. The highest BCUT2D eigenvalue weighted by Gasteiger charge is 2.25. The largest absolute Gasteiger partial charge is 0.268 e. The molecule has 1 aliphatic heterocycles. The molecule has 0 spiro atoms. The molecule has 6 nitrogen and oxygen atoms in total. The van der Waals surface area contributed by atoms with Gasteiger partial charge in [-0.2, -0.15) is 5.10 Å². The van der Waals surface area contributed by atoms with Crippen molar-refractivity contribution in [2.45, 2.75) is 24.9 Å². The lowest BCUT2D eigenvalue weighted by molar-refractivity contribution is 0.246. The molecule has 0 unspecified atom stereocenters. The molecule has 110 valence electrons. The van der Waals surface area contributed by atoms with Crippen LogP contribution < -0.4 is 11.1 Å². The van der Waals surface area contributed by atoms with Crippen LogP contribution in [0.5, 0.6) is 0 Å². The van der Waals surface area contributed by atoms with E-state index >= 15 is 0 Å². The Bertz CT molecular complexity index is 696. The van der Waals surface area contributed by atoms with Gasteiger partial charge in [0.25, 0.3) is 0 Å². The molecule has 1 aliphatic rings. The molecule has 0 radical (unpaired) electrons. The van der Waals surface area contributed by atoms with Crippen LogP contribution in [0.25, 0.3) is 5.69 Å². The molecule has 2 aromatic rings. The first-order valence-electron chi connectivity index (χ1n) is 6.49. The fraction of sp³-hybridized carbons (Fsp3) is 0.231. The summed E-state index contributed by atoms with van der Waals surface area (Å²) in [4.78, 5) is 0. The Labute approximate surface area is 127 Å². The van der Waals surface area contributed by atoms with E-state index in [2.05, 4.69) is 33.9 Å². The zero-order chi connectivity index (χ0) is 15.0. The number of hydrogen-bond donors (Lipinski definition) is 3. The highest BCUT2D eigenvalue weighted by Crippen LogP contribution is 2.23. The van der Waals surface area contributed by atoms with Crippen LogP contribution in [0.1, 0.15) is 19.4 Å². The zero-order valence-electron chi connectivity index (χ0n) is 11.6. The van der Waals surface area contributed by atoms with E-state index in [-0.39, 0.29) is 11.9 Å². The zero-order valence-corrected chi connectivity index (χ0v) is 12.5. The van der Waals surface area contributed by atoms with Gasteiger partial charge in [-0.25, -0.2) is 14.6 Å². The third kappa shape index (κ3) is 2.36. The Balaban J connectivity index is 2.03. The molecule has 8 heteroatoms. The lowest BCUT2D eigenvalue weighted by Gasteiger charge is -2.22. The van der Waals surface area contributed by atoms with Crippen LogP contribution >= 0.6 is 12.6 Å². The summed E-state index contributed by atoms with van der Waals surface area (Å²) in [6.45, 7) is 4.05. The molecule has 1 aromatic heterocycles. The summed E-state index contributed by atoms with van der Waals surface area (Å²) in [6.07, 6.45) is 1.62. The maximum Gasteiger partial charge on any atom is 0.177 e. The Morgan fingerprint density at radius 1 is 1.29 bits per heavy atom. The van der Waals surface area contributed by atoms with Crippen LogP contribution in [0.15, 0.2) is 40.6 Å². The average molecular weight is 306 g/mol. The van der Waals surface area contributed by atoms with Crippen molar-refractivity contribution in [3.05, 3.63) is 41.8 Å². The fourth-order valence-corrected chi connectivity index (χ4v) is 2.42. The fourth-order valence-electron chi connectivity index (χ4n) is 2.10. The number of nitrogens with one attached hydrogen (secondary N) is 2. The monoisotopic (exact) mass is 306 g/mol. The maximum absolute atomic E-state index is 13.9. The van der Waals surface area contributed by atoms with Crippen molar-refractivity contribution in [1.82, 2.24) is 25.9 Å². The van der Waals surface area contributed by atoms with Crippen molar-refractivity contribution in [3.8, 4) is 5.69 Å². The Morgan fingerprint density at radius 2 is 2.05 bits per heavy atom. The molecule has 1 aromatic carbocycles. The van der Waals surface area contributed by atoms with E-state index in [1.54, 1.807) is 24.4 Å². The summed E-state index contributed by atoms with van der Waals surface area (Å²) in [7, 11) is 0. The van der Waals surface area contributed by atoms with E-state index in [0.717, 1.165) is 0 Å². The van der Waals surface area contributed by atoms with E-state index in [1.165, 1.54) is 10.7 Å². The number of halogens is 1. The molecule has 2 N–H and O–H groups in total. The molecule has 0 saturated heterocycles. The predicted octanol–water partition coefficient (Wildman–Crippen LogP) is 1.69. The molecular weight excluding hydrogens is 291 g/mol. The standard InChI is InChI=1S/C13H15FN6S/c1-8(2)19-12(16-17-18-19)9-7-15-20(13(9)21)11-6-4-3-5-10(11)14/h3-8,17-18,21H,1-2H3. The number of hydrogen-bond acceptors (Lipinski definition) is 6. The summed E-state index contributed by atoms with van der Waals surface area (Å²) in [5.41, 5.74) is 6.70. The van der Waals surface area contributed by atoms with Gasteiger partial charge in [0.05, 0.1) is 11.8 Å². The highest BCUT2D eigenvalue weighted by atomic mass is 32.1. The third-order valence-corrected chi connectivity index (χ3v) is 3.57. The quantitative estimate of drug-likeness (QED) is 0.756. The Morgan fingerprint density at radius 3 is 2.76 bits per heavy atom. The number of rotatable bonds is 3. The number of nitrogens with zero attached hydrogens (tertiary/aromatic N) is 4. The van der Waals surface area contributed by atoms with Crippen LogP contribution in [0, 0.1) is 5.82 Å². The van der Waals surface area contributed by atoms with E-state index in [0.29, 0.717) is 22.1 Å². The average Bonchev–Trinajstić information content (AvgIpc) is 3.06. The molecule has 0 bridgehead atoms. The van der Waals surface area contributed by atoms with E-state index in [4.69, 9.17) is 0 Å². The van der Waals surface area contributed by atoms with Gasteiger partial charge in [-0.05, 0) is 26.0 Å². The molecule has 0 aliphatic carbocycles. The second kappa shape index (κ2) is 5.38. The van der Waals surface area contributed by atoms with Gasteiger partial charge in [-0.3, -0.25) is 5.01 Å². The van der Waals surface area contributed by atoms with Gasteiger partial charge in [0.1, 0.15) is 16.5 Å². The van der Waals surface area contributed by atoms with Crippen LogP contribution in [0.4, 0.5) is 4.39 Å². The first kappa shape index (κ1) is 13.9. The van der Waals surface area contributed by atoms with Crippen molar-refractivity contribution < 1.29 is 4.39 Å². The molecule has 21 heavy (non-hydrogen) atoms. The molecule has 0 fully saturated rings. The Hall–Kier alpha value is -2.06. The van der Waals surface area contributed by atoms with Crippen molar-refractivity contribution in [2.75, 3.05) is 0 Å². The first-order valence-corrected chi connectivity index (χ1v) is 6.94. The summed E-state index contributed by atoms with van der Waals surface area (Å²) in [6, 6.07) is 6.61. The van der Waals surface area contributed by atoms with Gasteiger partial charge < -0.3 is 0 Å². The van der Waals surface area contributed by atoms with E-state index < -0.39 is 0 Å². The number of thiol groups is 1. The van der Waals surface area contributed by atoms with Crippen LogP contribution in [-0.2, 0) is 0 Å². The summed E-state index contributed by atoms with van der Waals surface area (Å²) < 4.78 is 15.3. The molecule has 2 heterocycles. The van der Waals surface area contributed by atoms with Crippen molar-refractivity contribution in [1.29, 1.82) is 0 Å². The third-order valence-electron chi connectivity index (χ3n) is 3.14. The van der Waals surface area contributed by atoms with Gasteiger partial charge in [0, 0.05) is 6.04 Å². The molecule has 0 atom stereocenters. The summed E-state index contributed by atoms with van der Waals surface area (Å²) in [5.74, 6) is 0.311. The van der Waals surface area contributed by atoms with Gasteiger partial charge in [-0.1, -0.05) is 12.1 Å². The molecular formula is C13H15FN6S. The minimum atomic E-state index is -0.354. The van der Waals surface area contributed by atoms with Crippen molar-refractivity contribution in [3.63, 3.8) is 0 Å². The van der Waals surface area contributed by atoms with Crippen LogP contribution in [-0.4, -0.2) is 26.7 Å². The van der Waals surface area contributed by atoms with Gasteiger partial charge in [0.15, 0.2) is 5.84 Å².